The van der Waals surface area contributed by atoms with E-state index in [-0.39, 0.29) is 5.91 Å². The van der Waals surface area contributed by atoms with E-state index in [1.807, 2.05) is 0 Å². The van der Waals surface area contributed by atoms with Crippen LogP contribution in [0.5, 0.6) is 0 Å². The van der Waals surface area contributed by atoms with Crippen LogP contribution in [0.3, 0.4) is 0 Å². The van der Waals surface area contributed by atoms with Crippen LogP contribution in [0.15, 0.2) is 0 Å². The quantitative estimate of drug-likeness (QED) is 0.440. The van der Waals surface area contributed by atoms with Crippen LogP contribution in [0.4, 0.5) is 0 Å². The number of nitrogens with one attached hydrogen (secondary N) is 1. The number of hydrogen-bond donors (Lipinski definition) is 1. The molecule has 1 aliphatic carbocycles. The lowest BCUT2D eigenvalue weighted by Crippen LogP contribution is -2.26. The van der Waals surface area contributed by atoms with Crippen LogP contribution in [0.1, 0.15) is 51.4 Å². The smallest absolute Gasteiger partial charge is 0.220 e. The fourth-order valence-electron chi connectivity index (χ4n) is 2.20. The SMILES string of the molecule is O=C(CC1CCCCCC1)NCCCCl. The maximum Gasteiger partial charge on any atom is 0.220 e. The summed E-state index contributed by atoms with van der Waals surface area (Å²) < 4.78 is 0. The average molecular weight is 232 g/mol. The number of alkyl halides is 1. The number of carbonyl (C=O) groups excluding carboxylic acids is 1. The Kier molecular flexibility index (Phi) is 6.82. The van der Waals surface area contributed by atoms with Gasteiger partial charge >= 0.3 is 0 Å². The molecule has 0 aromatic carbocycles. The van der Waals surface area contributed by atoms with Crippen molar-refractivity contribution in [1.29, 1.82) is 0 Å². The molecule has 0 aromatic rings. The maximum atomic E-state index is 11.5. The molecule has 1 amide bonds. The second kappa shape index (κ2) is 7.98. The lowest BCUT2D eigenvalue weighted by atomic mass is 9.96. The molecule has 2 nitrogen and oxygen atoms in total. The van der Waals surface area contributed by atoms with Gasteiger partial charge in [0.25, 0.3) is 0 Å². The Morgan fingerprint density at radius 3 is 2.47 bits per heavy atom. The minimum atomic E-state index is 0.215. The molecule has 0 bridgehead atoms. The first-order chi connectivity index (χ1) is 7.33. The van der Waals surface area contributed by atoms with E-state index in [9.17, 15) is 4.79 Å². The van der Waals surface area contributed by atoms with Gasteiger partial charge in [-0.25, -0.2) is 0 Å². The standard InChI is InChI=1S/C12H22ClNO/c13-8-5-9-14-12(15)10-11-6-3-1-2-4-7-11/h11H,1-10H2,(H,14,15). The molecular weight excluding hydrogens is 210 g/mol. The Bertz CT molecular complexity index is 176. The van der Waals surface area contributed by atoms with Crippen molar-refractivity contribution < 1.29 is 4.79 Å². The third-order valence-corrected chi connectivity index (χ3v) is 3.35. The molecular formula is C12H22ClNO. The van der Waals surface area contributed by atoms with Crippen LogP contribution in [-0.4, -0.2) is 18.3 Å². The molecule has 0 atom stereocenters. The van der Waals surface area contributed by atoms with Crippen LogP contribution in [0.2, 0.25) is 0 Å². The van der Waals surface area contributed by atoms with Gasteiger partial charge in [0.2, 0.25) is 5.91 Å². The molecule has 1 fully saturated rings. The number of hydrogen-bond acceptors (Lipinski definition) is 1. The molecule has 0 aromatic heterocycles. The minimum absolute atomic E-state index is 0.215. The number of rotatable bonds is 5. The van der Waals surface area contributed by atoms with E-state index < -0.39 is 0 Å². The van der Waals surface area contributed by atoms with Gasteiger partial charge in [-0.05, 0) is 25.2 Å². The summed E-state index contributed by atoms with van der Waals surface area (Å²) in [5, 5.41) is 2.93. The molecule has 0 saturated heterocycles. The van der Waals surface area contributed by atoms with E-state index in [1.54, 1.807) is 0 Å². The Labute approximate surface area is 97.8 Å². The van der Waals surface area contributed by atoms with Crippen molar-refractivity contribution in [2.24, 2.45) is 5.92 Å². The maximum absolute atomic E-state index is 11.5. The van der Waals surface area contributed by atoms with Gasteiger partial charge in [0.15, 0.2) is 0 Å². The van der Waals surface area contributed by atoms with Gasteiger partial charge < -0.3 is 5.32 Å². The van der Waals surface area contributed by atoms with Crippen molar-refractivity contribution in [3.8, 4) is 0 Å². The van der Waals surface area contributed by atoms with Crippen LogP contribution in [-0.2, 0) is 4.79 Å². The average Bonchev–Trinajstić information content (AvgIpc) is 2.47. The molecule has 15 heavy (non-hydrogen) atoms. The van der Waals surface area contributed by atoms with Crippen molar-refractivity contribution in [2.75, 3.05) is 12.4 Å². The Hall–Kier alpha value is -0.240. The predicted molar refractivity (Wildman–Crippen MR) is 64.2 cm³/mol. The predicted octanol–water partition coefficient (Wildman–Crippen LogP) is 3.09. The second-order valence-electron chi connectivity index (χ2n) is 4.45. The lowest BCUT2D eigenvalue weighted by Gasteiger charge is -2.13. The molecule has 1 N–H and O–H groups in total. The van der Waals surface area contributed by atoms with Crippen molar-refractivity contribution in [2.45, 2.75) is 51.4 Å². The highest BCUT2D eigenvalue weighted by atomic mass is 35.5. The molecule has 0 heterocycles. The molecule has 88 valence electrons. The van der Waals surface area contributed by atoms with E-state index >= 15 is 0 Å². The van der Waals surface area contributed by atoms with E-state index in [0.717, 1.165) is 19.4 Å². The van der Waals surface area contributed by atoms with Gasteiger partial charge in [-0.15, -0.1) is 11.6 Å². The number of halogens is 1. The molecule has 1 saturated carbocycles. The molecule has 0 unspecified atom stereocenters. The van der Waals surface area contributed by atoms with Crippen LogP contribution < -0.4 is 5.32 Å². The zero-order chi connectivity index (χ0) is 10.9. The zero-order valence-corrected chi connectivity index (χ0v) is 10.2. The largest absolute Gasteiger partial charge is 0.356 e. The van der Waals surface area contributed by atoms with Gasteiger partial charge in [0, 0.05) is 18.8 Å². The highest BCUT2D eigenvalue weighted by molar-refractivity contribution is 6.17. The van der Waals surface area contributed by atoms with E-state index in [1.165, 1.54) is 38.5 Å². The van der Waals surface area contributed by atoms with Crippen LogP contribution in [0.25, 0.3) is 0 Å². The fourth-order valence-corrected chi connectivity index (χ4v) is 2.33. The third-order valence-electron chi connectivity index (χ3n) is 3.08. The molecule has 1 aliphatic rings. The van der Waals surface area contributed by atoms with Crippen molar-refractivity contribution in [1.82, 2.24) is 5.32 Å². The molecule has 0 radical (unpaired) electrons. The van der Waals surface area contributed by atoms with Gasteiger partial charge in [0.1, 0.15) is 0 Å². The number of carbonyl (C=O) groups is 1. The lowest BCUT2D eigenvalue weighted by molar-refractivity contribution is -0.122. The molecule has 3 heteroatoms. The normalized spacial score (nSPS) is 18.5. The second-order valence-corrected chi connectivity index (χ2v) is 4.83. The third kappa shape index (κ3) is 6.03. The highest BCUT2D eigenvalue weighted by Crippen LogP contribution is 2.25. The zero-order valence-electron chi connectivity index (χ0n) is 9.43. The first-order valence-electron chi connectivity index (χ1n) is 6.15. The summed E-state index contributed by atoms with van der Waals surface area (Å²) in [6.45, 7) is 0.731. The topological polar surface area (TPSA) is 29.1 Å². The van der Waals surface area contributed by atoms with E-state index in [4.69, 9.17) is 11.6 Å². The molecule has 1 rings (SSSR count). The summed E-state index contributed by atoms with van der Waals surface area (Å²) in [5.41, 5.74) is 0. The Morgan fingerprint density at radius 2 is 1.87 bits per heavy atom. The summed E-state index contributed by atoms with van der Waals surface area (Å²) in [5.74, 6) is 1.47. The summed E-state index contributed by atoms with van der Waals surface area (Å²) >= 11 is 5.55. The number of amides is 1. The first kappa shape index (κ1) is 12.8. The summed E-state index contributed by atoms with van der Waals surface area (Å²) in [6.07, 6.45) is 9.39. The minimum Gasteiger partial charge on any atom is -0.356 e. The first-order valence-corrected chi connectivity index (χ1v) is 6.69. The Morgan fingerprint density at radius 1 is 1.20 bits per heavy atom. The van der Waals surface area contributed by atoms with Gasteiger partial charge in [-0.2, -0.15) is 0 Å². The summed E-state index contributed by atoms with van der Waals surface area (Å²) in [7, 11) is 0. The van der Waals surface area contributed by atoms with E-state index in [2.05, 4.69) is 5.32 Å². The van der Waals surface area contributed by atoms with Crippen LogP contribution in [0, 0.1) is 5.92 Å². The van der Waals surface area contributed by atoms with Gasteiger partial charge in [0.05, 0.1) is 0 Å². The van der Waals surface area contributed by atoms with E-state index in [0.29, 0.717) is 11.8 Å². The van der Waals surface area contributed by atoms with Gasteiger partial charge in [-0.1, -0.05) is 25.7 Å². The van der Waals surface area contributed by atoms with Crippen molar-refractivity contribution >= 4 is 17.5 Å². The fraction of sp³-hybridized carbons (Fsp3) is 0.917. The summed E-state index contributed by atoms with van der Waals surface area (Å²) in [4.78, 5) is 11.5. The monoisotopic (exact) mass is 231 g/mol. The highest BCUT2D eigenvalue weighted by Gasteiger charge is 2.15. The van der Waals surface area contributed by atoms with Crippen molar-refractivity contribution in [3.05, 3.63) is 0 Å². The van der Waals surface area contributed by atoms with Crippen molar-refractivity contribution in [3.63, 3.8) is 0 Å². The molecule has 0 spiro atoms. The van der Waals surface area contributed by atoms with Crippen LogP contribution >= 0.6 is 11.6 Å². The molecule has 0 aliphatic heterocycles. The van der Waals surface area contributed by atoms with Gasteiger partial charge in [-0.3, -0.25) is 4.79 Å². The Balaban J connectivity index is 2.12. The summed E-state index contributed by atoms with van der Waals surface area (Å²) in [6, 6.07) is 0.